The Morgan fingerprint density at radius 1 is 1.03 bits per heavy atom. The van der Waals surface area contributed by atoms with Crippen LogP contribution in [0.15, 0.2) is 59.4 Å². The molecule has 0 radical (unpaired) electrons. The molecule has 36 heavy (non-hydrogen) atoms. The van der Waals surface area contributed by atoms with Crippen molar-refractivity contribution in [2.45, 2.75) is 32.7 Å². The van der Waals surface area contributed by atoms with Gasteiger partial charge >= 0.3 is 0 Å². The molecule has 5 rings (SSSR count). The highest BCUT2D eigenvalue weighted by Crippen LogP contribution is 2.27. The lowest BCUT2D eigenvalue weighted by Crippen LogP contribution is -2.48. The van der Waals surface area contributed by atoms with E-state index in [0.29, 0.717) is 59.5 Å². The van der Waals surface area contributed by atoms with Crippen molar-refractivity contribution >= 4 is 22.2 Å². The standard InChI is InChI=1S/C27H28FN5O2S/c1-27(2,3)19-10-8-18(9-11-19)25(35)32-14-12-31(13-15-32)17-20-16-23(34)33-26(29-20)36-24(30-33)21-6-4-5-7-22(21)28/h4-11,16H,12-15,17H2,1-3H3. The Hall–Kier alpha value is -3.43. The zero-order valence-electron chi connectivity index (χ0n) is 20.6. The molecule has 0 atom stereocenters. The van der Waals surface area contributed by atoms with E-state index in [2.05, 4.69) is 35.8 Å². The highest BCUT2D eigenvalue weighted by molar-refractivity contribution is 7.19. The van der Waals surface area contributed by atoms with E-state index in [1.807, 2.05) is 29.2 Å². The van der Waals surface area contributed by atoms with Crippen LogP contribution in [0, 0.1) is 5.82 Å². The van der Waals surface area contributed by atoms with Crippen LogP contribution in [0.2, 0.25) is 0 Å². The van der Waals surface area contributed by atoms with Gasteiger partial charge in [0, 0.05) is 49.9 Å². The van der Waals surface area contributed by atoms with Crippen molar-refractivity contribution in [1.29, 1.82) is 0 Å². The summed E-state index contributed by atoms with van der Waals surface area (Å²) in [4.78, 5) is 34.7. The second kappa shape index (κ2) is 9.55. The number of carbonyl (C=O) groups is 1. The molecular weight excluding hydrogens is 477 g/mol. The average Bonchev–Trinajstić information content (AvgIpc) is 3.28. The van der Waals surface area contributed by atoms with E-state index in [0.717, 1.165) is 0 Å². The van der Waals surface area contributed by atoms with Crippen LogP contribution in [-0.4, -0.2) is 56.5 Å². The highest BCUT2D eigenvalue weighted by atomic mass is 32.1. The Morgan fingerprint density at radius 2 is 1.72 bits per heavy atom. The van der Waals surface area contributed by atoms with Gasteiger partial charge in [-0.05, 0) is 35.2 Å². The number of carbonyl (C=O) groups excluding carboxylic acids is 1. The van der Waals surface area contributed by atoms with E-state index in [9.17, 15) is 14.0 Å². The number of fused-ring (bicyclic) bond motifs is 1. The van der Waals surface area contributed by atoms with Crippen LogP contribution in [-0.2, 0) is 12.0 Å². The third-order valence-electron chi connectivity index (χ3n) is 6.45. The van der Waals surface area contributed by atoms with Crippen molar-refractivity contribution < 1.29 is 9.18 Å². The molecule has 2 aromatic carbocycles. The van der Waals surface area contributed by atoms with Gasteiger partial charge in [0.05, 0.1) is 5.69 Å². The van der Waals surface area contributed by atoms with E-state index in [1.165, 1.54) is 33.5 Å². The van der Waals surface area contributed by atoms with Gasteiger partial charge in [0.1, 0.15) is 5.82 Å². The Balaban J connectivity index is 1.25. The minimum Gasteiger partial charge on any atom is -0.336 e. The monoisotopic (exact) mass is 505 g/mol. The Morgan fingerprint density at radius 3 is 2.39 bits per heavy atom. The van der Waals surface area contributed by atoms with Crippen LogP contribution in [0.25, 0.3) is 15.5 Å². The minimum atomic E-state index is -0.387. The zero-order valence-corrected chi connectivity index (χ0v) is 21.4. The second-order valence-electron chi connectivity index (χ2n) is 10.1. The zero-order chi connectivity index (χ0) is 25.4. The van der Waals surface area contributed by atoms with Gasteiger partial charge in [0.15, 0.2) is 5.01 Å². The summed E-state index contributed by atoms with van der Waals surface area (Å²) in [6.45, 7) is 9.56. The van der Waals surface area contributed by atoms with Crippen LogP contribution in [0.1, 0.15) is 42.4 Å². The van der Waals surface area contributed by atoms with Crippen molar-refractivity contribution in [3.8, 4) is 10.6 Å². The summed E-state index contributed by atoms with van der Waals surface area (Å²) < 4.78 is 15.4. The molecule has 3 heterocycles. The first-order valence-corrected chi connectivity index (χ1v) is 12.8. The van der Waals surface area contributed by atoms with Crippen LogP contribution in [0.5, 0.6) is 0 Å². The molecule has 1 fully saturated rings. The molecule has 1 aliphatic rings. The molecule has 186 valence electrons. The largest absolute Gasteiger partial charge is 0.336 e. The first-order chi connectivity index (χ1) is 17.2. The maximum Gasteiger partial charge on any atom is 0.275 e. The lowest BCUT2D eigenvalue weighted by molar-refractivity contribution is 0.0627. The lowest BCUT2D eigenvalue weighted by atomic mass is 9.86. The fraction of sp³-hybridized carbons (Fsp3) is 0.333. The van der Waals surface area contributed by atoms with E-state index in [1.54, 1.807) is 18.2 Å². The van der Waals surface area contributed by atoms with Crippen molar-refractivity contribution in [3.63, 3.8) is 0 Å². The molecule has 1 aliphatic heterocycles. The van der Waals surface area contributed by atoms with Gasteiger partial charge in [-0.25, -0.2) is 9.37 Å². The predicted molar refractivity (Wildman–Crippen MR) is 139 cm³/mol. The van der Waals surface area contributed by atoms with Crippen LogP contribution in [0.3, 0.4) is 0 Å². The van der Waals surface area contributed by atoms with Crippen LogP contribution in [0.4, 0.5) is 4.39 Å². The van der Waals surface area contributed by atoms with Gasteiger partial charge < -0.3 is 4.90 Å². The number of rotatable bonds is 4. The maximum atomic E-state index is 14.2. The fourth-order valence-corrected chi connectivity index (χ4v) is 5.27. The molecule has 0 unspecified atom stereocenters. The molecule has 9 heteroatoms. The molecule has 7 nitrogen and oxygen atoms in total. The van der Waals surface area contributed by atoms with E-state index >= 15 is 0 Å². The molecule has 0 spiro atoms. The Bertz CT molecular complexity index is 1460. The number of benzene rings is 2. The quantitative estimate of drug-likeness (QED) is 0.416. The number of amides is 1. The average molecular weight is 506 g/mol. The van der Waals surface area contributed by atoms with Gasteiger partial charge in [-0.1, -0.05) is 56.4 Å². The minimum absolute atomic E-state index is 0.0400. The molecule has 0 N–H and O–H groups in total. The Kier molecular flexibility index (Phi) is 6.44. The number of piperazine rings is 1. The summed E-state index contributed by atoms with van der Waals surface area (Å²) in [5.41, 5.74) is 2.65. The fourth-order valence-electron chi connectivity index (χ4n) is 4.31. The summed E-state index contributed by atoms with van der Waals surface area (Å²) in [6, 6.07) is 15.7. The third kappa shape index (κ3) is 4.94. The lowest BCUT2D eigenvalue weighted by Gasteiger charge is -2.34. The molecule has 0 bridgehead atoms. The molecule has 1 saturated heterocycles. The smallest absolute Gasteiger partial charge is 0.275 e. The van der Waals surface area contributed by atoms with Crippen molar-refractivity contribution in [2.75, 3.05) is 26.2 Å². The van der Waals surface area contributed by atoms with Crippen molar-refractivity contribution in [1.82, 2.24) is 24.4 Å². The third-order valence-corrected chi connectivity index (χ3v) is 7.39. The maximum absolute atomic E-state index is 14.2. The number of nitrogens with zero attached hydrogens (tertiary/aromatic N) is 5. The van der Waals surface area contributed by atoms with Crippen molar-refractivity contribution in [3.05, 3.63) is 87.6 Å². The van der Waals surface area contributed by atoms with Gasteiger partial charge in [-0.15, -0.1) is 0 Å². The highest BCUT2D eigenvalue weighted by Gasteiger charge is 2.24. The summed E-state index contributed by atoms with van der Waals surface area (Å²) in [5, 5.41) is 4.68. The number of aromatic nitrogens is 3. The summed E-state index contributed by atoms with van der Waals surface area (Å²) in [7, 11) is 0. The summed E-state index contributed by atoms with van der Waals surface area (Å²) >= 11 is 1.19. The summed E-state index contributed by atoms with van der Waals surface area (Å²) in [5.74, 6) is -0.347. The van der Waals surface area contributed by atoms with E-state index < -0.39 is 0 Å². The van der Waals surface area contributed by atoms with Gasteiger partial charge in [-0.2, -0.15) is 9.61 Å². The number of halogens is 1. The molecule has 2 aromatic heterocycles. The molecular formula is C27H28FN5O2S. The second-order valence-corrected chi connectivity index (χ2v) is 11.0. The van der Waals surface area contributed by atoms with E-state index in [4.69, 9.17) is 0 Å². The first-order valence-electron chi connectivity index (χ1n) is 12.0. The Labute approximate surface area is 212 Å². The first kappa shape index (κ1) is 24.3. The number of hydrogen-bond donors (Lipinski definition) is 0. The summed E-state index contributed by atoms with van der Waals surface area (Å²) in [6.07, 6.45) is 0. The van der Waals surface area contributed by atoms with E-state index in [-0.39, 0.29) is 22.7 Å². The van der Waals surface area contributed by atoms with Gasteiger partial charge in [-0.3, -0.25) is 14.5 Å². The van der Waals surface area contributed by atoms with Crippen molar-refractivity contribution in [2.24, 2.45) is 0 Å². The van der Waals surface area contributed by atoms with Gasteiger partial charge in [0.2, 0.25) is 4.96 Å². The number of hydrogen-bond acceptors (Lipinski definition) is 6. The molecule has 4 aromatic rings. The molecule has 0 saturated carbocycles. The molecule has 0 aliphatic carbocycles. The SMILES string of the molecule is CC(C)(C)c1ccc(C(=O)N2CCN(Cc3cc(=O)n4nc(-c5ccccc5F)sc4n3)CC2)cc1. The van der Waals surface area contributed by atoms with Crippen LogP contribution >= 0.6 is 11.3 Å². The molecule has 1 amide bonds. The van der Waals surface area contributed by atoms with Crippen LogP contribution < -0.4 is 5.56 Å². The normalized spacial score (nSPS) is 14.9. The van der Waals surface area contributed by atoms with Gasteiger partial charge in [0.25, 0.3) is 11.5 Å². The topological polar surface area (TPSA) is 70.8 Å². The predicted octanol–water partition coefficient (Wildman–Crippen LogP) is 4.21.